The maximum absolute atomic E-state index is 5.36. The highest BCUT2D eigenvalue weighted by atomic mass is 16.5. The molecule has 2 fully saturated rings. The minimum atomic E-state index is 0.306. The third kappa shape index (κ3) is 1.97. The Bertz CT molecular complexity index is 340. The summed E-state index contributed by atoms with van der Waals surface area (Å²) in [5, 5.41) is 10.9. The summed E-state index contributed by atoms with van der Waals surface area (Å²) in [6.07, 6.45) is 4.75. The fourth-order valence-electron chi connectivity index (χ4n) is 2.49. The van der Waals surface area contributed by atoms with Crippen LogP contribution in [0.5, 0.6) is 0 Å². The van der Waals surface area contributed by atoms with Gasteiger partial charge in [0.2, 0.25) is 5.89 Å². The predicted molar refractivity (Wildman–Crippen MR) is 59.1 cm³/mol. The number of aromatic nitrogens is 2. The van der Waals surface area contributed by atoms with Crippen LogP contribution in [0.4, 0.5) is 0 Å². The van der Waals surface area contributed by atoms with Gasteiger partial charge in [0.1, 0.15) is 0 Å². The Labute approximate surface area is 95.0 Å². The summed E-state index contributed by atoms with van der Waals surface area (Å²) in [4.78, 5) is 4.54. The summed E-state index contributed by atoms with van der Waals surface area (Å²) in [6, 6.07) is 0.306. The van der Waals surface area contributed by atoms with Gasteiger partial charge in [-0.05, 0) is 32.4 Å². The first kappa shape index (κ1) is 10.2. The number of piperidine rings is 1. The van der Waals surface area contributed by atoms with Crippen molar-refractivity contribution in [1.82, 2.24) is 20.8 Å². The molecule has 0 saturated carbocycles. The highest BCUT2D eigenvalue weighted by molar-refractivity contribution is 5.01. The average Bonchev–Trinajstić information content (AvgIpc) is 3.01. The molecule has 2 saturated heterocycles. The van der Waals surface area contributed by atoms with Crippen molar-refractivity contribution in [2.24, 2.45) is 0 Å². The molecule has 2 unspecified atom stereocenters. The van der Waals surface area contributed by atoms with Crippen molar-refractivity contribution in [3.63, 3.8) is 0 Å². The fraction of sp³-hybridized carbons (Fsp3) is 0.818. The third-order valence-corrected chi connectivity index (χ3v) is 3.49. The van der Waals surface area contributed by atoms with Gasteiger partial charge in [-0.3, -0.25) is 0 Å². The van der Waals surface area contributed by atoms with E-state index in [-0.39, 0.29) is 0 Å². The summed E-state index contributed by atoms with van der Waals surface area (Å²) in [7, 11) is 0. The Balaban J connectivity index is 1.71. The second-order valence-corrected chi connectivity index (χ2v) is 4.68. The zero-order valence-electron chi connectivity index (χ0n) is 9.41. The Hall–Kier alpha value is -0.940. The monoisotopic (exact) mass is 222 g/mol. The largest absolute Gasteiger partial charge is 0.339 e. The Morgan fingerprint density at radius 2 is 2.19 bits per heavy atom. The fourth-order valence-corrected chi connectivity index (χ4v) is 2.49. The summed E-state index contributed by atoms with van der Waals surface area (Å²) in [5.74, 6) is 2.08. The van der Waals surface area contributed by atoms with Crippen molar-refractivity contribution < 1.29 is 4.52 Å². The van der Waals surface area contributed by atoms with E-state index in [4.69, 9.17) is 4.52 Å². The average molecular weight is 222 g/mol. The van der Waals surface area contributed by atoms with Gasteiger partial charge in [0.15, 0.2) is 5.82 Å². The Kier molecular flexibility index (Phi) is 2.88. The molecule has 0 spiro atoms. The quantitative estimate of drug-likeness (QED) is 0.780. The molecule has 5 nitrogen and oxygen atoms in total. The molecule has 5 heteroatoms. The Morgan fingerprint density at radius 3 is 2.94 bits per heavy atom. The van der Waals surface area contributed by atoms with Crippen LogP contribution in [0.1, 0.15) is 49.4 Å². The summed E-state index contributed by atoms with van der Waals surface area (Å²) < 4.78 is 5.36. The molecule has 16 heavy (non-hydrogen) atoms. The molecule has 0 aromatic carbocycles. The molecule has 2 aliphatic heterocycles. The highest BCUT2D eigenvalue weighted by Crippen LogP contribution is 2.24. The van der Waals surface area contributed by atoms with Gasteiger partial charge >= 0.3 is 0 Å². The molecule has 0 amide bonds. The van der Waals surface area contributed by atoms with Gasteiger partial charge in [-0.25, -0.2) is 0 Å². The molecule has 2 N–H and O–H groups in total. The Morgan fingerprint density at radius 1 is 1.19 bits per heavy atom. The second kappa shape index (κ2) is 4.51. The number of nitrogens with zero attached hydrogens (tertiary/aromatic N) is 2. The lowest BCUT2D eigenvalue weighted by atomic mass is 10.0. The maximum atomic E-state index is 5.36. The SMILES string of the molecule is C1CCC(c2noc(C3CCNC3)n2)NC1. The normalized spacial score (nSPS) is 30.8. The topological polar surface area (TPSA) is 63.0 Å². The number of nitrogens with one attached hydrogen (secondary N) is 2. The molecular weight excluding hydrogens is 204 g/mol. The van der Waals surface area contributed by atoms with Crippen LogP contribution in [-0.2, 0) is 0 Å². The molecule has 2 atom stereocenters. The maximum Gasteiger partial charge on any atom is 0.231 e. The second-order valence-electron chi connectivity index (χ2n) is 4.68. The lowest BCUT2D eigenvalue weighted by Crippen LogP contribution is -2.27. The molecular formula is C11H18N4O. The highest BCUT2D eigenvalue weighted by Gasteiger charge is 2.25. The molecule has 1 aromatic heterocycles. The van der Waals surface area contributed by atoms with E-state index in [0.717, 1.165) is 44.2 Å². The summed E-state index contributed by atoms with van der Waals surface area (Å²) >= 11 is 0. The molecule has 2 aliphatic rings. The first-order valence-corrected chi connectivity index (χ1v) is 6.21. The summed E-state index contributed by atoms with van der Waals surface area (Å²) in [5.41, 5.74) is 0. The zero-order chi connectivity index (χ0) is 10.8. The summed E-state index contributed by atoms with van der Waals surface area (Å²) in [6.45, 7) is 3.10. The van der Waals surface area contributed by atoms with Crippen molar-refractivity contribution >= 4 is 0 Å². The zero-order valence-corrected chi connectivity index (χ0v) is 9.41. The minimum Gasteiger partial charge on any atom is -0.339 e. The van der Waals surface area contributed by atoms with Crippen molar-refractivity contribution in [2.45, 2.75) is 37.6 Å². The van der Waals surface area contributed by atoms with Crippen molar-refractivity contribution in [1.29, 1.82) is 0 Å². The molecule has 0 aliphatic carbocycles. The van der Waals surface area contributed by atoms with Crippen LogP contribution in [0, 0.1) is 0 Å². The molecule has 1 aromatic rings. The standard InChI is InChI=1S/C11H18N4O/c1-2-5-13-9(3-1)10-14-11(16-15-10)8-4-6-12-7-8/h8-9,12-13H,1-7H2. The van der Waals surface area contributed by atoms with E-state index in [2.05, 4.69) is 20.8 Å². The van der Waals surface area contributed by atoms with Crippen LogP contribution in [0.2, 0.25) is 0 Å². The van der Waals surface area contributed by atoms with Gasteiger partial charge in [-0.2, -0.15) is 4.98 Å². The first-order valence-electron chi connectivity index (χ1n) is 6.21. The van der Waals surface area contributed by atoms with Crippen LogP contribution in [0.25, 0.3) is 0 Å². The van der Waals surface area contributed by atoms with Crippen LogP contribution >= 0.6 is 0 Å². The number of hydrogen-bond donors (Lipinski definition) is 2. The lowest BCUT2D eigenvalue weighted by Gasteiger charge is -2.19. The van der Waals surface area contributed by atoms with Crippen molar-refractivity contribution in [2.75, 3.05) is 19.6 Å². The molecule has 3 rings (SSSR count). The number of rotatable bonds is 2. The van der Waals surface area contributed by atoms with E-state index in [1.54, 1.807) is 0 Å². The van der Waals surface area contributed by atoms with E-state index < -0.39 is 0 Å². The van der Waals surface area contributed by atoms with Crippen LogP contribution in [0.15, 0.2) is 4.52 Å². The van der Waals surface area contributed by atoms with Gasteiger partial charge in [0.25, 0.3) is 0 Å². The first-order chi connectivity index (χ1) is 7.93. The van der Waals surface area contributed by atoms with Gasteiger partial charge in [-0.1, -0.05) is 11.6 Å². The van der Waals surface area contributed by atoms with Crippen LogP contribution in [-0.4, -0.2) is 29.8 Å². The minimum absolute atomic E-state index is 0.306. The lowest BCUT2D eigenvalue weighted by molar-refractivity contribution is 0.338. The van der Waals surface area contributed by atoms with E-state index in [1.165, 1.54) is 12.8 Å². The van der Waals surface area contributed by atoms with Crippen molar-refractivity contribution in [3.8, 4) is 0 Å². The molecule has 0 radical (unpaired) electrons. The van der Waals surface area contributed by atoms with E-state index >= 15 is 0 Å². The molecule has 3 heterocycles. The molecule has 88 valence electrons. The van der Waals surface area contributed by atoms with Gasteiger partial charge in [-0.15, -0.1) is 0 Å². The van der Waals surface area contributed by atoms with Crippen LogP contribution in [0.3, 0.4) is 0 Å². The van der Waals surface area contributed by atoms with Crippen molar-refractivity contribution in [3.05, 3.63) is 11.7 Å². The van der Waals surface area contributed by atoms with Gasteiger partial charge in [0.05, 0.1) is 12.0 Å². The van der Waals surface area contributed by atoms with Gasteiger partial charge < -0.3 is 15.2 Å². The van der Waals surface area contributed by atoms with Crippen LogP contribution < -0.4 is 10.6 Å². The smallest absolute Gasteiger partial charge is 0.231 e. The van der Waals surface area contributed by atoms with Gasteiger partial charge in [0, 0.05) is 6.54 Å². The van der Waals surface area contributed by atoms with E-state index in [0.29, 0.717) is 12.0 Å². The third-order valence-electron chi connectivity index (χ3n) is 3.49. The van der Waals surface area contributed by atoms with E-state index in [9.17, 15) is 0 Å². The number of hydrogen-bond acceptors (Lipinski definition) is 5. The predicted octanol–water partition coefficient (Wildman–Crippen LogP) is 0.961. The molecule has 0 bridgehead atoms. The van der Waals surface area contributed by atoms with E-state index in [1.807, 2.05) is 0 Å².